The first-order valence-corrected chi connectivity index (χ1v) is 11.9. The van der Waals surface area contributed by atoms with Crippen molar-refractivity contribution in [3.63, 3.8) is 0 Å². The van der Waals surface area contributed by atoms with Crippen molar-refractivity contribution in [2.75, 3.05) is 13.3 Å². The highest BCUT2D eigenvalue weighted by molar-refractivity contribution is 5.92. The lowest BCUT2D eigenvalue weighted by atomic mass is 9.90. The minimum atomic E-state index is -0.656. The summed E-state index contributed by atoms with van der Waals surface area (Å²) in [6.07, 6.45) is 3.88. The second kappa shape index (κ2) is 14.0. The number of rotatable bonds is 15. The van der Waals surface area contributed by atoms with Crippen molar-refractivity contribution in [2.45, 2.75) is 58.9 Å². The molecule has 0 saturated carbocycles. The number of hydrogen-bond acceptors (Lipinski definition) is 7. The summed E-state index contributed by atoms with van der Waals surface area (Å²) in [7, 11) is 0. The van der Waals surface area contributed by atoms with Crippen LogP contribution in [0.25, 0.3) is 11.3 Å². The molecular formula is C25H35N3O7. The molecule has 1 heterocycles. The van der Waals surface area contributed by atoms with Crippen LogP contribution in [-0.4, -0.2) is 52.9 Å². The van der Waals surface area contributed by atoms with E-state index in [0.717, 1.165) is 19.3 Å². The number of carbonyl (C=O) groups is 3. The Kier molecular flexibility index (Phi) is 11.1. The second-order valence-electron chi connectivity index (χ2n) is 8.10. The number of benzene rings is 1. The van der Waals surface area contributed by atoms with Crippen molar-refractivity contribution >= 4 is 18.2 Å². The molecule has 0 fully saturated rings. The number of hydrogen-bond donors (Lipinski definition) is 4. The molecule has 4 N–H and O–H groups in total. The normalized spacial score (nSPS) is 12.5. The van der Waals surface area contributed by atoms with Gasteiger partial charge in [-0.3, -0.25) is 19.6 Å². The number of phenolic OH excluding ortho intramolecular Hbond substituents is 1. The van der Waals surface area contributed by atoms with Crippen LogP contribution in [0.3, 0.4) is 0 Å². The van der Waals surface area contributed by atoms with E-state index in [1.807, 2.05) is 13.8 Å². The van der Waals surface area contributed by atoms with Crippen molar-refractivity contribution in [3.05, 3.63) is 36.1 Å². The molecule has 3 amide bonds. The largest absolute Gasteiger partial charge is 0.508 e. The smallest absolute Gasteiger partial charge is 0.288 e. The first-order valence-electron chi connectivity index (χ1n) is 11.9. The van der Waals surface area contributed by atoms with Crippen LogP contribution in [0.15, 0.2) is 34.7 Å². The summed E-state index contributed by atoms with van der Waals surface area (Å²) in [5, 5.41) is 25.6. The van der Waals surface area contributed by atoms with E-state index in [-0.39, 0.29) is 24.1 Å². The fraction of sp³-hybridized carbons (Fsp3) is 0.480. The van der Waals surface area contributed by atoms with Gasteiger partial charge in [-0.15, -0.1) is 0 Å². The lowest BCUT2D eigenvalue weighted by Crippen LogP contribution is -2.47. The topological polar surface area (TPSA) is 141 Å². The molecule has 0 saturated heterocycles. The molecule has 0 aliphatic carbocycles. The van der Waals surface area contributed by atoms with E-state index in [1.54, 1.807) is 19.1 Å². The molecule has 192 valence electrons. The summed E-state index contributed by atoms with van der Waals surface area (Å²) >= 11 is 0. The van der Waals surface area contributed by atoms with Gasteiger partial charge < -0.3 is 24.9 Å². The Bertz CT molecular complexity index is 976. The Morgan fingerprint density at radius 2 is 1.91 bits per heavy atom. The molecule has 2 atom stereocenters. The zero-order valence-corrected chi connectivity index (χ0v) is 20.5. The highest BCUT2D eigenvalue weighted by atomic mass is 16.5. The molecule has 35 heavy (non-hydrogen) atoms. The number of hydroxylamine groups is 2. The summed E-state index contributed by atoms with van der Waals surface area (Å²) in [6, 6.07) is 7.10. The Labute approximate surface area is 205 Å². The van der Waals surface area contributed by atoms with Crippen molar-refractivity contribution < 1.29 is 33.9 Å². The maximum absolute atomic E-state index is 12.8. The average Bonchev–Trinajstić information content (AvgIpc) is 3.33. The first-order chi connectivity index (χ1) is 16.8. The molecular weight excluding hydrogens is 454 g/mol. The van der Waals surface area contributed by atoms with Gasteiger partial charge in [-0.05, 0) is 44.0 Å². The Hall–Kier alpha value is -3.53. The summed E-state index contributed by atoms with van der Waals surface area (Å²) in [5.41, 5.74) is 0.546. The van der Waals surface area contributed by atoms with Crippen LogP contribution in [0.5, 0.6) is 11.5 Å². The average molecular weight is 490 g/mol. The molecule has 2 rings (SSSR count). The number of nitrogens with zero attached hydrogens (tertiary/aromatic N) is 1. The van der Waals surface area contributed by atoms with E-state index in [0.29, 0.717) is 48.0 Å². The minimum absolute atomic E-state index is 0.00552. The maximum atomic E-state index is 12.8. The van der Waals surface area contributed by atoms with Gasteiger partial charge in [-0.1, -0.05) is 33.1 Å². The van der Waals surface area contributed by atoms with E-state index >= 15 is 0 Å². The van der Waals surface area contributed by atoms with Gasteiger partial charge in [-0.2, -0.15) is 0 Å². The molecule has 1 aromatic heterocycles. The number of nitrogens with one attached hydrogen (secondary N) is 2. The zero-order valence-electron chi connectivity index (χ0n) is 20.5. The minimum Gasteiger partial charge on any atom is -0.508 e. The van der Waals surface area contributed by atoms with E-state index in [2.05, 4.69) is 10.6 Å². The van der Waals surface area contributed by atoms with Crippen LogP contribution in [0.1, 0.15) is 63.4 Å². The second-order valence-corrected chi connectivity index (χ2v) is 8.10. The zero-order chi connectivity index (χ0) is 25.8. The molecule has 2 aromatic rings. The maximum Gasteiger partial charge on any atom is 0.288 e. The van der Waals surface area contributed by atoms with Crippen LogP contribution in [0.2, 0.25) is 0 Å². The van der Waals surface area contributed by atoms with Crippen LogP contribution >= 0.6 is 0 Å². The number of unbranched alkanes of at least 4 members (excludes halogenated alkanes) is 2. The summed E-state index contributed by atoms with van der Waals surface area (Å²) in [4.78, 5) is 36.4. The summed E-state index contributed by atoms with van der Waals surface area (Å²) in [5.74, 6) is -0.628. The molecule has 0 aliphatic rings. The fourth-order valence-electron chi connectivity index (χ4n) is 3.87. The molecule has 0 unspecified atom stereocenters. The van der Waals surface area contributed by atoms with Crippen LogP contribution in [0, 0.1) is 5.92 Å². The third-order valence-electron chi connectivity index (χ3n) is 5.61. The van der Waals surface area contributed by atoms with Crippen molar-refractivity contribution in [2.24, 2.45) is 5.92 Å². The predicted octanol–water partition coefficient (Wildman–Crippen LogP) is 3.68. The van der Waals surface area contributed by atoms with E-state index < -0.39 is 17.9 Å². The van der Waals surface area contributed by atoms with E-state index in [9.17, 15) is 24.7 Å². The molecule has 0 radical (unpaired) electrons. The van der Waals surface area contributed by atoms with Gasteiger partial charge in [0.05, 0.1) is 25.2 Å². The Balaban J connectivity index is 2.00. The third-order valence-corrected chi connectivity index (χ3v) is 5.61. The SMILES string of the molecule is CCCCC[C@@H](C(=O)NCNC(=O)c1ccc(-c2cc(O)cc(OCC)c2)o1)[C@@H](CC)N(O)C=O. The van der Waals surface area contributed by atoms with Gasteiger partial charge in [-0.25, -0.2) is 5.06 Å². The van der Waals surface area contributed by atoms with Gasteiger partial charge >= 0.3 is 0 Å². The molecule has 10 nitrogen and oxygen atoms in total. The first kappa shape index (κ1) is 27.7. The monoisotopic (exact) mass is 489 g/mol. The molecule has 10 heteroatoms. The van der Waals surface area contributed by atoms with E-state index in [1.165, 1.54) is 18.2 Å². The molecule has 0 aliphatic heterocycles. The van der Waals surface area contributed by atoms with Gasteiger partial charge in [0.1, 0.15) is 17.3 Å². The highest BCUT2D eigenvalue weighted by Crippen LogP contribution is 2.30. The van der Waals surface area contributed by atoms with Crippen molar-refractivity contribution in [1.29, 1.82) is 0 Å². The van der Waals surface area contributed by atoms with Gasteiger partial charge in [0.2, 0.25) is 12.3 Å². The lowest BCUT2D eigenvalue weighted by Gasteiger charge is -2.29. The third kappa shape index (κ3) is 8.03. The number of amides is 3. The fourth-order valence-corrected chi connectivity index (χ4v) is 3.87. The number of ether oxygens (including phenoxy) is 1. The Morgan fingerprint density at radius 3 is 2.57 bits per heavy atom. The molecule has 0 bridgehead atoms. The Morgan fingerprint density at radius 1 is 1.14 bits per heavy atom. The quantitative estimate of drug-likeness (QED) is 0.0983. The summed E-state index contributed by atoms with van der Waals surface area (Å²) in [6.45, 7) is 5.95. The highest BCUT2D eigenvalue weighted by Gasteiger charge is 2.30. The number of furan rings is 1. The van der Waals surface area contributed by atoms with E-state index in [4.69, 9.17) is 9.15 Å². The lowest BCUT2D eigenvalue weighted by molar-refractivity contribution is -0.168. The van der Waals surface area contributed by atoms with Crippen molar-refractivity contribution in [1.82, 2.24) is 15.7 Å². The van der Waals surface area contributed by atoms with Gasteiger partial charge in [0.15, 0.2) is 5.76 Å². The van der Waals surface area contributed by atoms with Gasteiger partial charge in [0.25, 0.3) is 5.91 Å². The standard InChI is InChI=1S/C25H35N3O7/c1-4-7-8-9-20(21(5-2)28(33)16-29)24(31)26-15-27-25(32)23-11-10-22(35-23)17-12-18(30)14-19(13-17)34-6-3/h10-14,16,20-21,30,33H,4-9,15H2,1-3H3,(H,26,31)(H,27,32)/t20-,21-/m1/s1. The predicted molar refractivity (Wildman–Crippen MR) is 129 cm³/mol. The number of aromatic hydroxyl groups is 1. The summed E-state index contributed by atoms with van der Waals surface area (Å²) < 4.78 is 11.0. The molecule has 1 aromatic carbocycles. The number of carbonyl (C=O) groups excluding carboxylic acids is 3. The van der Waals surface area contributed by atoms with Gasteiger partial charge in [0, 0.05) is 11.6 Å². The van der Waals surface area contributed by atoms with Crippen molar-refractivity contribution in [3.8, 4) is 22.8 Å². The number of phenols is 1. The van der Waals surface area contributed by atoms with Crippen LogP contribution in [0.4, 0.5) is 0 Å². The van der Waals surface area contributed by atoms with Crippen LogP contribution in [-0.2, 0) is 9.59 Å². The molecule has 0 spiro atoms. The van der Waals surface area contributed by atoms with Crippen LogP contribution < -0.4 is 15.4 Å².